The molecule has 0 radical (unpaired) electrons. The standard InChI is InChI=1S/C25H34OSi/c1-6-7-8-9-12-17-22(2)26-27(25(3,4)5,23-18-13-10-14-19-23)24-20-15-11-16-21-24/h1,10-11,13-16,18-22H,7-9,12,17H2,2-5H3/t22-/m1/s1. The minimum Gasteiger partial charge on any atom is -0.405 e. The largest absolute Gasteiger partial charge is 0.405 e. The van der Waals surface area contributed by atoms with E-state index in [1.807, 2.05) is 0 Å². The van der Waals surface area contributed by atoms with Gasteiger partial charge in [-0.1, -0.05) is 94.3 Å². The fourth-order valence-electron chi connectivity index (χ4n) is 3.89. The summed E-state index contributed by atoms with van der Waals surface area (Å²) in [5.74, 6) is 2.73. The second-order valence-electron chi connectivity index (χ2n) is 8.40. The molecule has 1 atom stereocenters. The van der Waals surface area contributed by atoms with Crippen LogP contribution in [0.4, 0.5) is 0 Å². The zero-order valence-electron chi connectivity index (χ0n) is 17.4. The molecular formula is C25H34OSi. The van der Waals surface area contributed by atoms with Crippen LogP contribution in [0.2, 0.25) is 5.04 Å². The molecule has 0 amide bonds. The lowest BCUT2D eigenvalue weighted by Crippen LogP contribution is -2.67. The molecule has 0 saturated heterocycles. The van der Waals surface area contributed by atoms with Gasteiger partial charge in [-0.05, 0) is 35.2 Å². The Labute approximate surface area is 167 Å². The Hall–Kier alpha value is -1.82. The third kappa shape index (κ3) is 5.34. The molecule has 0 spiro atoms. The summed E-state index contributed by atoms with van der Waals surface area (Å²) in [6.07, 6.45) is 11.0. The number of unbranched alkanes of at least 4 members (excludes halogenated alkanes) is 3. The summed E-state index contributed by atoms with van der Waals surface area (Å²) in [5.41, 5.74) is 0. The Balaban J connectivity index is 2.34. The van der Waals surface area contributed by atoms with Crippen molar-refractivity contribution in [1.29, 1.82) is 0 Å². The van der Waals surface area contributed by atoms with Crippen LogP contribution in [0.15, 0.2) is 60.7 Å². The van der Waals surface area contributed by atoms with E-state index in [0.717, 1.165) is 19.3 Å². The molecule has 27 heavy (non-hydrogen) atoms. The van der Waals surface area contributed by atoms with Crippen LogP contribution in [-0.4, -0.2) is 14.4 Å². The molecule has 0 aliphatic rings. The zero-order valence-corrected chi connectivity index (χ0v) is 18.4. The maximum absolute atomic E-state index is 7.08. The van der Waals surface area contributed by atoms with E-state index in [4.69, 9.17) is 10.8 Å². The van der Waals surface area contributed by atoms with Crippen molar-refractivity contribution >= 4 is 18.7 Å². The minimum atomic E-state index is -2.42. The molecule has 1 nitrogen and oxygen atoms in total. The number of hydrogen-bond donors (Lipinski definition) is 0. The van der Waals surface area contributed by atoms with Gasteiger partial charge in [0.05, 0.1) is 0 Å². The summed E-state index contributed by atoms with van der Waals surface area (Å²) in [5, 5.41) is 2.73. The van der Waals surface area contributed by atoms with Gasteiger partial charge in [-0.25, -0.2) is 0 Å². The van der Waals surface area contributed by atoms with Crippen LogP contribution in [-0.2, 0) is 4.43 Å². The minimum absolute atomic E-state index is 0.0352. The van der Waals surface area contributed by atoms with E-state index in [2.05, 4.69) is 94.3 Å². The van der Waals surface area contributed by atoms with Gasteiger partial charge in [0, 0.05) is 12.5 Å². The molecular weight excluding hydrogens is 344 g/mol. The molecule has 0 fully saturated rings. The first-order chi connectivity index (χ1) is 12.9. The van der Waals surface area contributed by atoms with E-state index >= 15 is 0 Å². The van der Waals surface area contributed by atoms with Crippen LogP contribution in [0, 0.1) is 12.3 Å². The first-order valence-corrected chi connectivity index (χ1v) is 12.0. The van der Waals surface area contributed by atoms with Gasteiger partial charge in [-0.3, -0.25) is 0 Å². The van der Waals surface area contributed by atoms with Crippen molar-refractivity contribution in [2.45, 2.75) is 70.9 Å². The Morgan fingerprint density at radius 2 is 1.41 bits per heavy atom. The van der Waals surface area contributed by atoms with Crippen molar-refractivity contribution in [2.75, 3.05) is 0 Å². The maximum Gasteiger partial charge on any atom is 0.261 e. The topological polar surface area (TPSA) is 9.23 Å². The molecule has 2 heteroatoms. The SMILES string of the molecule is C#CCCCCC[C@@H](C)O[Si](c1ccccc1)(c1ccccc1)C(C)(C)C. The summed E-state index contributed by atoms with van der Waals surface area (Å²) in [7, 11) is -2.42. The van der Waals surface area contributed by atoms with E-state index in [1.54, 1.807) is 0 Å². The Bertz CT molecular complexity index is 670. The highest BCUT2D eigenvalue weighted by Gasteiger charge is 2.50. The Kier molecular flexibility index (Phi) is 7.89. The van der Waals surface area contributed by atoms with E-state index < -0.39 is 8.32 Å². The lowest BCUT2D eigenvalue weighted by Gasteiger charge is -2.44. The molecule has 0 N–H and O–H groups in total. The smallest absolute Gasteiger partial charge is 0.261 e. The average Bonchev–Trinajstić information content (AvgIpc) is 2.66. The van der Waals surface area contributed by atoms with E-state index in [1.165, 1.54) is 23.2 Å². The molecule has 0 saturated carbocycles. The first-order valence-electron chi connectivity index (χ1n) is 10.1. The second-order valence-corrected chi connectivity index (χ2v) is 12.6. The Morgan fingerprint density at radius 3 is 1.85 bits per heavy atom. The monoisotopic (exact) mass is 378 g/mol. The Morgan fingerprint density at radius 1 is 0.889 bits per heavy atom. The van der Waals surface area contributed by atoms with Crippen LogP contribution in [0.1, 0.15) is 59.8 Å². The molecule has 0 aromatic heterocycles. The van der Waals surface area contributed by atoms with Gasteiger partial charge in [0.2, 0.25) is 0 Å². The van der Waals surface area contributed by atoms with Gasteiger partial charge >= 0.3 is 0 Å². The third-order valence-corrected chi connectivity index (χ3v) is 10.4. The van der Waals surface area contributed by atoms with Crippen molar-refractivity contribution in [1.82, 2.24) is 0 Å². The summed E-state index contributed by atoms with van der Waals surface area (Å²) in [6, 6.07) is 21.7. The van der Waals surface area contributed by atoms with Crippen LogP contribution < -0.4 is 10.4 Å². The van der Waals surface area contributed by atoms with Crippen LogP contribution >= 0.6 is 0 Å². The number of terminal acetylenes is 1. The van der Waals surface area contributed by atoms with Crippen LogP contribution in [0.5, 0.6) is 0 Å². The van der Waals surface area contributed by atoms with Gasteiger partial charge in [0.25, 0.3) is 8.32 Å². The predicted octanol–water partition coefficient (Wildman–Crippen LogP) is 5.54. The predicted molar refractivity (Wildman–Crippen MR) is 120 cm³/mol. The highest BCUT2D eigenvalue weighted by molar-refractivity contribution is 6.99. The summed E-state index contributed by atoms with van der Waals surface area (Å²) in [4.78, 5) is 0. The lowest BCUT2D eigenvalue weighted by molar-refractivity contribution is 0.192. The highest BCUT2D eigenvalue weighted by Crippen LogP contribution is 2.37. The fourth-order valence-corrected chi connectivity index (χ4v) is 8.62. The molecule has 0 aliphatic heterocycles. The molecule has 0 bridgehead atoms. The molecule has 144 valence electrons. The second kappa shape index (κ2) is 9.92. The molecule has 2 aromatic carbocycles. The molecule has 0 aliphatic carbocycles. The average molecular weight is 379 g/mol. The summed E-state index contributed by atoms with van der Waals surface area (Å²) < 4.78 is 7.08. The van der Waals surface area contributed by atoms with Gasteiger partial charge in [-0.2, -0.15) is 0 Å². The molecule has 2 aromatic rings. The zero-order chi connectivity index (χ0) is 19.8. The number of rotatable bonds is 9. The van der Waals surface area contributed by atoms with Crippen LogP contribution in [0.25, 0.3) is 0 Å². The van der Waals surface area contributed by atoms with Crippen LogP contribution in [0.3, 0.4) is 0 Å². The van der Waals surface area contributed by atoms with Crippen molar-refractivity contribution in [2.24, 2.45) is 0 Å². The lowest BCUT2D eigenvalue weighted by atomic mass is 10.1. The highest BCUT2D eigenvalue weighted by atomic mass is 28.4. The third-order valence-electron chi connectivity index (χ3n) is 5.23. The van der Waals surface area contributed by atoms with E-state index in [0.29, 0.717) is 0 Å². The quantitative estimate of drug-likeness (QED) is 0.316. The van der Waals surface area contributed by atoms with E-state index in [9.17, 15) is 0 Å². The molecule has 0 unspecified atom stereocenters. The van der Waals surface area contributed by atoms with Crippen molar-refractivity contribution in [3.63, 3.8) is 0 Å². The summed E-state index contributed by atoms with van der Waals surface area (Å²) in [6.45, 7) is 9.23. The van der Waals surface area contributed by atoms with Crippen molar-refractivity contribution in [3.05, 3.63) is 60.7 Å². The van der Waals surface area contributed by atoms with E-state index in [-0.39, 0.29) is 11.1 Å². The fraction of sp³-hybridized carbons (Fsp3) is 0.440. The van der Waals surface area contributed by atoms with Crippen molar-refractivity contribution < 1.29 is 4.43 Å². The normalized spacial score (nSPS) is 13.1. The number of benzene rings is 2. The van der Waals surface area contributed by atoms with Gasteiger partial charge < -0.3 is 4.43 Å². The number of hydrogen-bond acceptors (Lipinski definition) is 1. The summed E-state index contributed by atoms with van der Waals surface area (Å²) >= 11 is 0. The maximum atomic E-state index is 7.08. The first kappa shape index (κ1) is 21.5. The van der Waals surface area contributed by atoms with Crippen molar-refractivity contribution in [3.8, 4) is 12.3 Å². The van der Waals surface area contributed by atoms with Gasteiger partial charge in [-0.15, -0.1) is 12.3 Å². The molecule has 2 rings (SSSR count). The molecule has 0 heterocycles. The van der Waals surface area contributed by atoms with Gasteiger partial charge in [0.1, 0.15) is 0 Å². The van der Waals surface area contributed by atoms with Gasteiger partial charge in [0.15, 0.2) is 0 Å².